The van der Waals surface area contributed by atoms with Crippen LogP contribution in [0.1, 0.15) is 33.1 Å². The first-order valence-corrected chi connectivity index (χ1v) is 5.96. The summed E-state index contributed by atoms with van der Waals surface area (Å²) in [7, 11) is 0. The Morgan fingerprint density at radius 2 is 1.93 bits per heavy atom. The molecule has 0 aliphatic carbocycles. The molecule has 4 heteroatoms. The predicted molar refractivity (Wildman–Crippen MR) is 60.5 cm³/mol. The van der Waals surface area contributed by atoms with E-state index in [0.717, 1.165) is 13.1 Å². The summed E-state index contributed by atoms with van der Waals surface area (Å²) in [6, 6.07) is 0. The number of nitrogens with zero attached hydrogens (tertiary/aromatic N) is 1. The van der Waals surface area contributed by atoms with E-state index in [2.05, 4.69) is 10.4 Å². The molecular formula is C11H24N2O2. The fourth-order valence-corrected chi connectivity index (χ4v) is 1.65. The molecule has 1 fully saturated rings. The summed E-state index contributed by atoms with van der Waals surface area (Å²) in [6.45, 7) is 7.15. The van der Waals surface area contributed by atoms with Crippen LogP contribution in [0, 0.1) is 0 Å². The van der Waals surface area contributed by atoms with Crippen molar-refractivity contribution in [3.05, 3.63) is 0 Å². The number of hydrogen-bond donors (Lipinski definition) is 2. The smallest absolute Gasteiger partial charge is 0.0911 e. The Balaban J connectivity index is 2.02. The molecule has 1 aliphatic rings. The van der Waals surface area contributed by atoms with Gasteiger partial charge in [0.2, 0.25) is 0 Å². The second-order valence-electron chi connectivity index (χ2n) is 4.45. The van der Waals surface area contributed by atoms with Gasteiger partial charge in [0, 0.05) is 19.6 Å². The van der Waals surface area contributed by atoms with Gasteiger partial charge in [-0.2, -0.15) is 0 Å². The van der Waals surface area contributed by atoms with Crippen LogP contribution in [-0.2, 0) is 4.74 Å². The van der Waals surface area contributed by atoms with Crippen molar-refractivity contribution in [3.8, 4) is 0 Å². The lowest BCUT2D eigenvalue weighted by atomic mass is 10.2. The lowest BCUT2D eigenvalue weighted by Gasteiger charge is -2.28. The van der Waals surface area contributed by atoms with Gasteiger partial charge in [0.1, 0.15) is 0 Å². The first-order chi connectivity index (χ1) is 7.18. The Bertz CT molecular complexity index is 159. The topological polar surface area (TPSA) is 44.7 Å². The molecule has 0 saturated carbocycles. The van der Waals surface area contributed by atoms with Gasteiger partial charge in [0.05, 0.1) is 18.8 Å². The van der Waals surface area contributed by atoms with Crippen molar-refractivity contribution in [2.45, 2.75) is 45.3 Å². The molecule has 4 nitrogen and oxygen atoms in total. The first kappa shape index (κ1) is 12.9. The third-order valence-corrected chi connectivity index (χ3v) is 2.53. The molecule has 15 heavy (non-hydrogen) atoms. The molecule has 0 aromatic carbocycles. The number of rotatable bonds is 6. The van der Waals surface area contributed by atoms with Crippen LogP contribution in [0.5, 0.6) is 0 Å². The van der Waals surface area contributed by atoms with Crippen LogP contribution in [0.4, 0.5) is 0 Å². The maximum absolute atomic E-state index is 9.61. The second-order valence-corrected chi connectivity index (χ2v) is 4.45. The summed E-state index contributed by atoms with van der Waals surface area (Å²) in [5.74, 6) is 0. The van der Waals surface area contributed by atoms with Crippen LogP contribution in [0.15, 0.2) is 0 Å². The third kappa shape index (κ3) is 6.10. The molecule has 2 N–H and O–H groups in total. The molecule has 1 unspecified atom stereocenters. The molecular weight excluding hydrogens is 192 g/mol. The van der Waals surface area contributed by atoms with E-state index >= 15 is 0 Å². The highest BCUT2D eigenvalue weighted by atomic mass is 16.5. The highest BCUT2D eigenvalue weighted by Crippen LogP contribution is 2.05. The van der Waals surface area contributed by atoms with Crippen LogP contribution < -0.4 is 5.43 Å². The van der Waals surface area contributed by atoms with Gasteiger partial charge in [-0.1, -0.05) is 6.42 Å². The maximum Gasteiger partial charge on any atom is 0.0911 e. The largest absolute Gasteiger partial charge is 0.389 e. The summed E-state index contributed by atoms with van der Waals surface area (Å²) in [5, 5.41) is 11.8. The monoisotopic (exact) mass is 216 g/mol. The zero-order valence-corrected chi connectivity index (χ0v) is 9.91. The van der Waals surface area contributed by atoms with Gasteiger partial charge in [-0.25, -0.2) is 5.01 Å². The number of aliphatic hydroxyl groups excluding tert-OH is 1. The molecule has 1 aliphatic heterocycles. The molecule has 1 heterocycles. The standard InChI is InChI=1S/C11H24N2O2/c1-10(2)15-9-11(14)8-12-13-6-4-3-5-7-13/h10-12,14H,3-9H2,1-2H3. The van der Waals surface area contributed by atoms with E-state index in [1.54, 1.807) is 0 Å². The Hall–Kier alpha value is -0.160. The summed E-state index contributed by atoms with van der Waals surface area (Å²) in [4.78, 5) is 0. The lowest BCUT2D eigenvalue weighted by Crippen LogP contribution is -2.45. The van der Waals surface area contributed by atoms with Gasteiger partial charge in [0.25, 0.3) is 0 Å². The van der Waals surface area contributed by atoms with Crippen LogP contribution in [0.3, 0.4) is 0 Å². The Labute approximate surface area is 92.6 Å². The fourth-order valence-electron chi connectivity index (χ4n) is 1.65. The minimum atomic E-state index is -0.408. The zero-order chi connectivity index (χ0) is 11.1. The van der Waals surface area contributed by atoms with Gasteiger partial charge in [-0.15, -0.1) is 0 Å². The summed E-state index contributed by atoms with van der Waals surface area (Å²) < 4.78 is 5.33. The van der Waals surface area contributed by atoms with Gasteiger partial charge in [0.15, 0.2) is 0 Å². The summed E-state index contributed by atoms with van der Waals surface area (Å²) in [6.07, 6.45) is 3.62. The molecule has 0 aromatic rings. The number of ether oxygens (including phenoxy) is 1. The number of piperidine rings is 1. The fraction of sp³-hybridized carbons (Fsp3) is 1.00. The minimum Gasteiger partial charge on any atom is -0.389 e. The SMILES string of the molecule is CC(C)OCC(O)CNN1CCCCC1. The highest BCUT2D eigenvalue weighted by Gasteiger charge is 2.11. The van der Waals surface area contributed by atoms with Crippen molar-refractivity contribution in [2.75, 3.05) is 26.2 Å². The van der Waals surface area contributed by atoms with E-state index in [1.807, 2.05) is 13.8 Å². The van der Waals surface area contributed by atoms with Crippen molar-refractivity contribution in [3.63, 3.8) is 0 Å². The second kappa shape index (κ2) is 7.17. The normalized spacial score (nSPS) is 20.8. The number of hydrogen-bond acceptors (Lipinski definition) is 4. The first-order valence-electron chi connectivity index (χ1n) is 5.96. The Kier molecular flexibility index (Phi) is 6.17. The van der Waals surface area contributed by atoms with Gasteiger partial charge < -0.3 is 9.84 Å². The van der Waals surface area contributed by atoms with Crippen molar-refractivity contribution in [2.24, 2.45) is 0 Å². The van der Waals surface area contributed by atoms with Crippen LogP contribution >= 0.6 is 0 Å². The van der Waals surface area contributed by atoms with Gasteiger partial charge in [-0.05, 0) is 26.7 Å². The quantitative estimate of drug-likeness (QED) is 0.688. The van der Waals surface area contributed by atoms with E-state index in [1.165, 1.54) is 19.3 Å². The average molecular weight is 216 g/mol. The minimum absolute atomic E-state index is 0.189. The number of hydrazine groups is 1. The maximum atomic E-state index is 9.61. The Morgan fingerprint density at radius 3 is 2.53 bits per heavy atom. The number of aliphatic hydroxyl groups is 1. The molecule has 1 saturated heterocycles. The van der Waals surface area contributed by atoms with Crippen molar-refractivity contribution in [1.29, 1.82) is 0 Å². The lowest BCUT2D eigenvalue weighted by molar-refractivity contribution is -0.00380. The number of nitrogens with one attached hydrogen (secondary N) is 1. The van der Waals surface area contributed by atoms with Gasteiger partial charge in [-0.3, -0.25) is 5.43 Å². The van der Waals surface area contributed by atoms with Crippen molar-refractivity contribution in [1.82, 2.24) is 10.4 Å². The van der Waals surface area contributed by atoms with Crippen molar-refractivity contribution >= 4 is 0 Å². The van der Waals surface area contributed by atoms with Crippen LogP contribution in [-0.4, -0.2) is 48.6 Å². The zero-order valence-electron chi connectivity index (χ0n) is 9.91. The molecule has 1 rings (SSSR count). The highest BCUT2D eigenvalue weighted by molar-refractivity contribution is 4.63. The molecule has 0 radical (unpaired) electrons. The van der Waals surface area contributed by atoms with E-state index < -0.39 is 6.10 Å². The molecule has 0 bridgehead atoms. The summed E-state index contributed by atoms with van der Waals surface area (Å²) >= 11 is 0. The molecule has 0 spiro atoms. The van der Waals surface area contributed by atoms with Gasteiger partial charge >= 0.3 is 0 Å². The average Bonchev–Trinajstić information content (AvgIpc) is 2.25. The van der Waals surface area contributed by atoms with E-state index in [0.29, 0.717) is 13.2 Å². The molecule has 0 amide bonds. The molecule has 0 aromatic heterocycles. The van der Waals surface area contributed by atoms with E-state index in [-0.39, 0.29) is 6.10 Å². The Morgan fingerprint density at radius 1 is 1.27 bits per heavy atom. The molecule has 90 valence electrons. The van der Waals surface area contributed by atoms with Crippen LogP contribution in [0.25, 0.3) is 0 Å². The van der Waals surface area contributed by atoms with E-state index in [4.69, 9.17) is 4.74 Å². The predicted octanol–water partition coefficient (Wildman–Crippen LogP) is 0.763. The van der Waals surface area contributed by atoms with Crippen LogP contribution in [0.2, 0.25) is 0 Å². The van der Waals surface area contributed by atoms with E-state index in [9.17, 15) is 5.11 Å². The van der Waals surface area contributed by atoms with Crippen molar-refractivity contribution < 1.29 is 9.84 Å². The third-order valence-electron chi connectivity index (χ3n) is 2.53. The molecule has 1 atom stereocenters. The summed E-state index contributed by atoms with van der Waals surface area (Å²) in [5.41, 5.74) is 3.25.